The van der Waals surface area contributed by atoms with Gasteiger partial charge in [0.25, 0.3) is 5.91 Å². The minimum absolute atomic E-state index is 0.0482. The Morgan fingerprint density at radius 3 is 3.00 bits per heavy atom. The summed E-state index contributed by atoms with van der Waals surface area (Å²) in [5, 5.41) is 6.04. The molecule has 1 amide bonds. The van der Waals surface area contributed by atoms with Crippen molar-refractivity contribution in [3.05, 3.63) is 12.1 Å². The van der Waals surface area contributed by atoms with E-state index in [4.69, 9.17) is 10.5 Å². The van der Waals surface area contributed by atoms with Crippen molar-refractivity contribution < 1.29 is 9.53 Å². The lowest BCUT2D eigenvalue weighted by atomic mass is 10.1. The van der Waals surface area contributed by atoms with Gasteiger partial charge in [-0.05, 0) is 18.4 Å². The van der Waals surface area contributed by atoms with Crippen LogP contribution in [-0.2, 0) is 4.79 Å². The zero-order valence-electron chi connectivity index (χ0n) is 10.7. The number of carbonyl (C=O) groups is 1. The monoisotopic (exact) mass is 249 g/mol. The Balaban J connectivity index is 2.11. The zero-order chi connectivity index (χ0) is 13.1. The van der Waals surface area contributed by atoms with Gasteiger partial charge >= 0.3 is 0 Å². The normalized spacial score (nSPS) is 13.8. The Hall–Kier alpha value is -1.91. The van der Waals surface area contributed by atoms with Crippen molar-refractivity contribution in [2.24, 2.45) is 5.92 Å². The molecule has 1 aromatic rings. The molecule has 0 saturated carbocycles. The molecule has 18 heavy (non-hydrogen) atoms. The van der Waals surface area contributed by atoms with Gasteiger partial charge in [0.05, 0.1) is 17.1 Å². The van der Waals surface area contributed by atoms with Crippen molar-refractivity contribution in [3.63, 3.8) is 0 Å². The summed E-state index contributed by atoms with van der Waals surface area (Å²) in [6.07, 6.45) is 1.07. The Kier molecular flexibility index (Phi) is 3.60. The van der Waals surface area contributed by atoms with Gasteiger partial charge in [-0.3, -0.25) is 4.79 Å². The number of nitrogens with two attached hydrogens (primary N) is 1. The zero-order valence-corrected chi connectivity index (χ0v) is 10.7. The second-order valence-electron chi connectivity index (χ2n) is 4.88. The highest BCUT2D eigenvalue weighted by atomic mass is 16.5. The molecule has 0 aliphatic carbocycles. The average Bonchev–Trinajstić information content (AvgIpc) is 2.30. The largest absolute Gasteiger partial charge is 0.482 e. The summed E-state index contributed by atoms with van der Waals surface area (Å²) in [5.74, 6) is 1.13. The number of hydrogen-bond donors (Lipinski definition) is 3. The molecule has 0 radical (unpaired) electrons. The van der Waals surface area contributed by atoms with E-state index in [1.165, 1.54) is 0 Å². The van der Waals surface area contributed by atoms with Crippen LogP contribution in [0.1, 0.15) is 20.3 Å². The molecule has 1 aliphatic rings. The maximum atomic E-state index is 11.2. The SMILES string of the molecule is CC(C)CCNc1cc2c(cc1N)OCC(=O)N2. The Morgan fingerprint density at radius 2 is 2.28 bits per heavy atom. The van der Waals surface area contributed by atoms with E-state index in [0.717, 1.165) is 18.7 Å². The lowest BCUT2D eigenvalue weighted by Gasteiger charge is -2.20. The fraction of sp³-hybridized carbons (Fsp3) is 0.462. The summed E-state index contributed by atoms with van der Waals surface area (Å²) in [5.41, 5.74) is 8.08. The third-order valence-corrected chi connectivity index (χ3v) is 2.82. The number of nitrogens with one attached hydrogen (secondary N) is 2. The molecule has 0 atom stereocenters. The molecule has 0 bridgehead atoms. The van der Waals surface area contributed by atoms with Crippen molar-refractivity contribution in [2.75, 3.05) is 29.5 Å². The van der Waals surface area contributed by atoms with Crippen molar-refractivity contribution in [2.45, 2.75) is 20.3 Å². The maximum Gasteiger partial charge on any atom is 0.262 e. The highest BCUT2D eigenvalue weighted by molar-refractivity contribution is 5.97. The van der Waals surface area contributed by atoms with Crippen LogP contribution in [0.3, 0.4) is 0 Å². The molecule has 0 fully saturated rings. The summed E-state index contributed by atoms with van der Waals surface area (Å²) < 4.78 is 5.29. The van der Waals surface area contributed by atoms with Crippen LogP contribution >= 0.6 is 0 Å². The quantitative estimate of drug-likeness (QED) is 0.714. The van der Waals surface area contributed by atoms with Gasteiger partial charge in [0, 0.05) is 12.6 Å². The van der Waals surface area contributed by atoms with Gasteiger partial charge in [-0.1, -0.05) is 13.8 Å². The number of rotatable bonds is 4. The van der Waals surface area contributed by atoms with Crippen LogP contribution in [0.4, 0.5) is 17.1 Å². The summed E-state index contributed by atoms with van der Waals surface area (Å²) in [6, 6.07) is 3.56. The van der Waals surface area contributed by atoms with Gasteiger partial charge < -0.3 is 21.1 Å². The summed E-state index contributed by atoms with van der Waals surface area (Å²) in [6.45, 7) is 5.25. The van der Waals surface area contributed by atoms with Crippen LogP contribution in [0.2, 0.25) is 0 Å². The molecule has 0 aromatic heterocycles. The topological polar surface area (TPSA) is 76.4 Å². The standard InChI is InChI=1S/C13H19N3O2/c1-8(2)3-4-15-10-6-11-12(5-9(10)14)18-7-13(17)16-11/h5-6,8,15H,3-4,7,14H2,1-2H3,(H,16,17). The van der Waals surface area contributed by atoms with Gasteiger partial charge in [0.15, 0.2) is 6.61 Å². The van der Waals surface area contributed by atoms with E-state index < -0.39 is 0 Å². The van der Waals surface area contributed by atoms with E-state index in [9.17, 15) is 4.79 Å². The van der Waals surface area contributed by atoms with Crippen molar-refractivity contribution >= 4 is 23.0 Å². The number of fused-ring (bicyclic) bond motifs is 1. The van der Waals surface area contributed by atoms with Crippen molar-refractivity contribution in [1.29, 1.82) is 0 Å². The molecule has 2 rings (SSSR count). The number of amides is 1. The van der Waals surface area contributed by atoms with Gasteiger partial charge in [-0.25, -0.2) is 0 Å². The van der Waals surface area contributed by atoms with E-state index in [2.05, 4.69) is 24.5 Å². The predicted octanol–water partition coefficient (Wildman–Crippen LogP) is 2.06. The lowest BCUT2D eigenvalue weighted by molar-refractivity contribution is -0.118. The lowest BCUT2D eigenvalue weighted by Crippen LogP contribution is -2.25. The molecule has 5 nitrogen and oxygen atoms in total. The second kappa shape index (κ2) is 5.16. The molecular formula is C13H19N3O2. The second-order valence-corrected chi connectivity index (χ2v) is 4.88. The fourth-order valence-corrected chi connectivity index (χ4v) is 1.79. The van der Waals surface area contributed by atoms with Crippen molar-refractivity contribution in [3.8, 4) is 5.75 Å². The van der Waals surface area contributed by atoms with Gasteiger partial charge in [-0.15, -0.1) is 0 Å². The maximum absolute atomic E-state index is 11.2. The number of carbonyl (C=O) groups excluding carboxylic acids is 1. The number of hydrogen-bond acceptors (Lipinski definition) is 4. The fourth-order valence-electron chi connectivity index (χ4n) is 1.79. The van der Waals surface area contributed by atoms with Gasteiger partial charge in [-0.2, -0.15) is 0 Å². The molecule has 4 N–H and O–H groups in total. The first kappa shape index (κ1) is 12.5. The third-order valence-electron chi connectivity index (χ3n) is 2.82. The summed E-state index contributed by atoms with van der Waals surface area (Å²) in [7, 11) is 0. The van der Waals surface area contributed by atoms with Gasteiger partial charge in [0.1, 0.15) is 5.75 Å². The van der Waals surface area contributed by atoms with Crippen LogP contribution in [0.5, 0.6) is 5.75 Å². The number of anilines is 3. The van der Waals surface area contributed by atoms with E-state index >= 15 is 0 Å². The first-order valence-electron chi connectivity index (χ1n) is 6.16. The minimum Gasteiger partial charge on any atom is -0.482 e. The highest BCUT2D eigenvalue weighted by Crippen LogP contribution is 2.35. The summed E-state index contributed by atoms with van der Waals surface area (Å²) in [4.78, 5) is 11.2. The molecule has 0 saturated heterocycles. The molecule has 1 aromatic carbocycles. The number of nitrogen functional groups attached to an aromatic ring is 1. The van der Waals surface area contributed by atoms with E-state index in [-0.39, 0.29) is 12.5 Å². The minimum atomic E-state index is -0.139. The molecule has 5 heteroatoms. The summed E-state index contributed by atoms with van der Waals surface area (Å²) >= 11 is 0. The highest BCUT2D eigenvalue weighted by Gasteiger charge is 2.17. The van der Waals surface area contributed by atoms with Crippen molar-refractivity contribution in [1.82, 2.24) is 0 Å². The first-order chi connectivity index (χ1) is 8.56. The first-order valence-corrected chi connectivity index (χ1v) is 6.16. The molecule has 98 valence electrons. The smallest absolute Gasteiger partial charge is 0.262 e. The van der Waals surface area contributed by atoms with E-state index in [1.807, 2.05) is 6.07 Å². The molecule has 0 unspecified atom stereocenters. The third kappa shape index (κ3) is 2.85. The van der Waals surface area contributed by atoms with Crippen LogP contribution in [0.15, 0.2) is 12.1 Å². The predicted molar refractivity (Wildman–Crippen MR) is 72.9 cm³/mol. The average molecular weight is 249 g/mol. The van der Waals surface area contributed by atoms with Crippen LogP contribution in [0.25, 0.3) is 0 Å². The Bertz CT molecular complexity index is 458. The van der Waals surface area contributed by atoms with Crippen LogP contribution < -0.4 is 21.1 Å². The number of benzene rings is 1. The molecule has 1 heterocycles. The van der Waals surface area contributed by atoms with E-state index in [1.54, 1.807) is 6.07 Å². The molecular weight excluding hydrogens is 230 g/mol. The van der Waals surface area contributed by atoms with E-state index in [0.29, 0.717) is 23.0 Å². The number of ether oxygens (including phenoxy) is 1. The van der Waals surface area contributed by atoms with Crippen LogP contribution in [-0.4, -0.2) is 19.1 Å². The van der Waals surface area contributed by atoms with Gasteiger partial charge in [0.2, 0.25) is 0 Å². The Morgan fingerprint density at radius 1 is 1.50 bits per heavy atom. The van der Waals surface area contributed by atoms with Crippen LogP contribution in [0, 0.1) is 5.92 Å². The molecule has 1 aliphatic heterocycles. The Labute approximate surface area is 107 Å². The molecule has 0 spiro atoms.